The number of nitrogens with two attached hydrogens (primary N) is 1. The molecule has 4 rings (SSSR count). The van der Waals surface area contributed by atoms with Gasteiger partial charge in [-0.3, -0.25) is 0 Å². The Morgan fingerprint density at radius 2 is 1.48 bits per heavy atom. The standard InChI is InChI=1S/C21H17NOS2/c22-18-10-5-4-9-16(18)21(23,15-7-2-1-3-8-15)17-12-14-25-20(17)19-11-6-13-24-19/h1-14,23H,22H2. The summed E-state index contributed by atoms with van der Waals surface area (Å²) in [6.07, 6.45) is 0. The van der Waals surface area contributed by atoms with E-state index in [2.05, 4.69) is 11.4 Å². The topological polar surface area (TPSA) is 46.2 Å². The molecule has 0 fully saturated rings. The summed E-state index contributed by atoms with van der Waals surface area (Å²) in [5.74, 6) is 0. The monoisotopic (exact) mass is 363 g/mol. The maximum Gasteiger partial charge on any atom is 0.143 e. The van der Waals surface area contributed by atoms with E-state index in [1.165, 1.54) is 0 Å². The average molecular weight is 364 g/mol. The van der Waals surface area contributed by atoms with Crippen LogP contribution in [0.5, 0.6) is 0 Å². The molecule has 2 nitrogen and oxygen atoms in total. The molecule has 2 aromatic carbocycles. The van der Waals surface area contributed by atoms with Gasteiger partial charge in [0, 0.05) is 21.7 Å². The number of nitrogen functional groups attached to an aromatic ring is 1. The van der Waals surface area contributed by atoms with Gasteiger partial charge in [-0.25, -0.2) is 0 Å². The molecule has 0 spiro atoms. The van der Waals surface area contributed by atoms with Crippen LogP contribution in [0.4, 0.5) is 5.69 Å². The van der Waals surface area contributed by atoms with Gasteiger partial charge in [-0.1, -0.05) is 54.6 Å². The van der Waals surface area contributed by atoms with E-state index in [9.17, 15) is 5.11 Å². The van der Waals surface area contributed by atoms with Gasteiger partial charge in [0.05, 0.1) is 4.88 Å². The van der Waals surface area contributed by atoms with E-state index in [1.807, 2.05) is 72.1 Å². The lowest BCUT2D eigenvalue weighted by atomic mass is 9.79. The highest BCUT2D eigenvalue weighted by molar-refractivity contribution is 7.20. The van der Waals surface area contributed by atoms with Crippen LogP contribution < -0.4 is 5.73 Å². The molecule has 0 radical (unpaired) electrons. The zero-order chi connectivity index (χ0) is 17.3. The van der Waals surface area contributed by atoms with E-state index in [4.69, 9.17) is 5.73 Å². The fraction of sp³-hybridized carbons (Fsp3) is 0.0476. The van der Waals surface area contributed by atoms with E-state index < -0.39 is 5.60 Å². The Kier molecular flexibility index (Phi) is 4.17. The predicted molar refractivity (Wildman–Crippen MR) is 107 cm³/mol. The van der Waals surface area contributed by atoms with E-state index in [0.29, 0.717) is 11.3 Å². The van der Waals surface area contributed by atoms with Crippen LogP contribution >= 0.6 is 22.7 Å². The van der Waals surface area contributed by atoms with Crippen LogP contribution in [0.25, 0.3) is 9.75 Å². The largest absolute Gasteiger partial charge is 0.398 e. The zero-order valence-corrected chi connectivity index (χ0v) is 15.1. The summed E-state index contributed by atoms with van der Waals surface area (Å²) in [5.41, 5.74) is 7.93. The Bertz CT molecular complexity index is 976. The summed E-state index contributed by atoms with van der Waals surface area (Å²) >= 11 is 3.31. The van der Waals surface area contributed by atoms with Crippen molar-refractivity contribution in [3.8, 4) is 9.75 Å². The van der Waals surface area contributed by atoms with Gasteiger partial charge in [-0.05, 0) is 34.5 Å². The van der Waals surface area contributed by atoms with Crippen LogP contribution in [-0.4, -0.2) is 5.11 Å². The molecule has 3 N–H and O–H groups in total. The molecule has 0 amide bonds. The third-order valence-electron chi connectivity index (χ3n) is 4.34. The Balaban J connectivity index is 2.01. The highest BCUT2D eigenvalue weighted by Gasteiger charge is 2.38. The molecule has 124 valence electrons. The molecule has 25 heavy (non-hydrogen) atoms. The third-order valence-corrected chi connectivity index (χ3v) is 6.31. The molecule has 0 aliphatic heterocycles. The third kappa shape index (κ3) is 2.68. The molecule has 0 saturated heterocycles. The summed E-state index contributed by atoms with van der Waals surface area (Å²) in [6.45, 7) is 0. The normalized spacial score (nSPS) is 13.5. The quantitative estimate of drug-likeness (QED) is 0.481. The van der Waals surface area contributed by atoms with Crippen LogP contribution in [0.1, 0.15) is 16.7 Å². The van der Waals surface area contributed by atoms with Crippen molar-refractivity contribution < 1.29 is 5.11 Å². The first-order valence-electron chi connectivity index (χ1n) is 7.96. The molecule has 1 unspecified atom stereocenters. The summed E-state index contributed by atoms with van der Waals surface area (Å²) in [4.78, 5) is 2.22. The number of rotatable bonds is 4. The number of benzene rings is 2. The summed E-state index contributed by atoms with van der Waals surface area (Å²) in [6, 6.07) is 23.4. The highest BCUT2D eigenvalue weighted by atomic mass is 32.1. The lowest BCUT2D eigenvalue weighted by molar-refractivity contribution is 0.127. The number of thiophene rings is 2. The van der Waals surface area contributed by atoms with Crippen molar-refractivity contribution in [2.75, 3.05) is 5.73 Å². The fourth-order valence-electron chi connectivity index (χ4n) is 3.15. The predicted octanol–water partition coefficient (Wildman–Crippen LogP) is 5.34. The van der Waals surface area contributed by atoms with Crippen molar-refractivity contribution in [1.29, 1.82) is 0 Å². The second kappa shape index (κ2) is 6.48. The second-order valence-electron chi connectivity index (χ2n) is 5.80. The van der Waals surface area contributed by atoms with Crippen LogP contribution in [0.15, 0.2) is 83.6 Å². The smallest absolute Gasteiger partial charge is 0.143 e. The highest BCUT2D eigenvalue weighted by Crippen LogP contribution is 2.46. The van der Waals surface area contributed by atoms with Crippen LogP contribution in [0.3, 0.4) is 0 Å². The molecule has 0 aliphatic carbocycles. The number of aliphatic hydroxyl groups is 1. The molecule has 1 atom stereocenters. The van der Waals surface area contributed by atoms with Gasteiger partial charge in [0.2, 0.25) is 0 Å². The number of hydrogen-bond acceptors (Lipinski definition) is 4. The van der Waals surface area contributed by atoms with Crippen molar-refractivity contribution in [2.24, 2.45) is 0 Å². The molecule has 4 aromatic rings. The van der Waals surface area contributed by atoms with E-state index >= 15 is 0 Å². The van der Waals surface area contributed by atoms with E-state index in [0.717, 1.165) is 20.9 Å². The van der Waals surface area contributed by atoms with Crippen molar-refractivity contribution in [3.05, 3.63) is 100 Å². The number of anilines is 1. The van der Waals surface area contributed by atoms with Crippen molar-refractivity contribution in [3.63, 3.8) is 0 Å². The summed E-state index contributed by atoms with van der Waals surface area (Å²) in [5, 5.41) is 16.1. The summed E-state index contributed by atoms with van der Waals surface area (Å²) in [7, 11) is 0. The molecular formula is C21H17NOS2. The van der Waals surface area contributed by atoms with Gasteiger partial charge in [0.15, 0.2) is 0 Å². The zero-order valence-electron chi connectivity index (χ0n) is 13.4. The number of hydrogen-bond donors (Lipinski definition) is 2. The Hall–Kier alpha value is -2.40. The van der Waals surface area contributed by atoms with Gasteiger partial charge >= 0.3 is 0 Å². The molecule has 2 aromatic heterocycles. The maximum absolute atomic E-state index is 12.0. The minimum absolute atomic E-state index is 0.581. The molecule has 0 bridgehead atoms. The van der Waals surface area contributed by atoms with Crippen molar-refractivity contribution in [1.82, 2.24) is 0 Å². The molecule has 0 saturated carbocycles. The molecule has 2 heterocycles. The lowest BCUT2D eigenvalue weighted by Gasteiger charge is -2.31. The minimum Gasteiger partial charge on any atom is -0.398 e. The fourth-order valence-corrected chi connectivity index (χ4v) is 4.99. The number of para-hydroxylation sites is 1. The van der Waals surface area contributed by atoms with Crippen LogP contribution in [0.2, 0.25) is 0 Å². The Labute approximate surface area is 154 Å². The lowest BCUT2D eigenvalue weighted by Crippen LogP contribution is -2.30. The van der Waals surface area contributed by atoms with Crippen molar-refractivity contribution >= 4 is 28.4 Å². The molecule has 0 aliphatic rings. The van der Waals surface area contributed by atoms with Gasteiger partial charge in [0.25, 0.3) is 0 Å². The Morgan fingerprint density at radius 3 is 2.20 bits per heavy atom. The maximum atomic E-state index is 12.0. The molecule has 4 heteroatoms. The Morgan fingerprint density at radius 1 is 0.720 bits per heavy atom. The summed E-state index contributed by atoms with van der Waals surface area (Å²) < 4.78 is 0. The van der Waals surface area contributed by atoms with Gasteiger partial charge in [0.1, 0.15) is 5.60 Å². The van der Waals surface area contributed by atoms with E-state index in [-0.39, 0.29) is 0 Å². The van der Waals surface area contributed by atoms with Crippen LogP contribution in [-0.2, 0) is 5.60 Å². The first-order valence-corrected chi connectivity index (χ1v) is 9.72. The second-order valence-corrected chi connectivity index (χ2v) is 7.67. The van der Waals surface area contributed by atoms with Crippen LogP contribution in [0, 0.1) is 0 Å². The molecular weight excluding hydrogens is 346 g/mol. The SMILES string of the molecule is Nc1ccccc1C(O)(c1ccccc1)c1ccsc1-c1cccs1. The minimum atomic E-state index is -1.30. The van der Waals surface area contributed by atoms with Gasteiger partial charge < -0.3 is 10.8 Å². The van der Waals surface area contributed by atoms with Crippen molar-refractivity contribution in [2.45, 2.75) is 5.60 Å². The van der Waals surface area contributed by atoms with Gasteiger partial charge in [-0.2, -0.15) is 0 Å². The first kappa shape index (κ1) is 16.1. The average Bonchev–Trinajstić information content (AvgIpc) is 3.33. The first-order chi connectivity index (χ1) is 12.2. The van der Waals surface area contributed by atoms with E-state index in [1.54, 1.807) is 22.7 Å². The van der Waals surface area contributed by atoms with Gasteiger partial charge in [-0.15, -0.1) is 22.7 Å².